The van der Waals surface area contributed by atoms with Crippen molar-refractivity contribution in [1.82, 2.24) is 0 Å². The summed E-state index contributed by atoms with van der Waals surface area (Å²) in [6.07, 6.45) is 41.0. The molecule has 0 aromatic carbocycles. The predicted octanol–water partition coefficient (Wildman–Crippen LogP) is 12.7. The van der Waals surface area contributed by atoms with Crippen molar-refractivity contribution in [2.75, 3.05) is 47.5 Å². The van der Waals surface area contributed by atoms with Crippen molar-refractivity contribution in [3.8, 4) is 0 Å². The molecule has 0 radical (unpaired) electrons. The fourth-order valence-electron chi connectivity index (χ4n) is 6.19. The van der Waals surface area contributed by atoms with Crippen LogP contribution in [0.3, 0.4) is 0 Å². The summed E-state index contributed by atoms with van der Waals surface area (Å²) in [5.74, 6) is -0.869. The van der Waals surface area contributed by atoms with Gasteiger partial charge in [0.15, 0.2) is 6.10 Å². The number of esters is 2. The third-order valence-corrected chi connectivity index (χ3v) is 10.7. The number of hydrogen-bond acceptors (Lipinski definition) is 7. The van der Waals surface area contributed by atoms with E-state index >= 15 is 0 Å². The Morgan fingerprint density at radius 2 is 1.02 bits per heavy atom. The van der Waals surface area contributed by atoms with Crippen LogP contribution in [0.5, 0.6) is 0 Å². The summed E-state index contributed by atoms with van der Waals surface area (Å²) in [7, 11) is 1.45. The fourth-order valence-corrected chi connectivity index (χ4v) is 6.93. The van der Waals surface area contributed by atoms with Gasteiger partial charge >= 0.3 is 19.8 Å². The Labute approximate surface area is 339 Å². The molecule has 0 aromatic heterocycles. The average molecular weight is 801 g/mol. The molecule has 55 heavy (non-hydrogen) atoms. The van der Waals surface area contributed by atoms with Crippen LogP contribution in [0.15, 0.2) is 24.3 Å². The van der Waals surface area contributed by atoms with E-state index in [4.69, 9.17) is 18.5 Å². The van der Waals surface area contributed by atoms with Crippen LogP contribution in [-0.4, -0.2) is 74.9 Å². The van der Waals surface area contributed by atoms with E-state index in [-0.39, 0.29) is 32.0 Å². The van der Waals surface area contributed by atoms with Crippen LogP contribution in [0.4, 0.5) is 0 Å². The summed E-state index contributed by atoms with van der Waals surface area (Å²) in [5.41, 5.74) is 0. The van der Waals surface area contributed by atoms with Gasteiger partial charge in [0.2, 0.25) is 0 Å². The maximum Gasteiger partial charge on any atom is 0.472 e. The zero-order valence-electron chi connectivity index (χ0n) is 36.4. The van der Waals surface area contributed by atoms with Crippen molar-refractivity contribution in [2.45, 2.75) is 206 Å². The van der Waals surface area contributed by atoms with E-state index in [0.717, 1.165) is 32.1 Å². The van der Waals surface area contributed by atoms with E-state index in [0.29, 0.717) is 17.4 Å². The van der Waals surface area contributed by atoms with Crippen LogP contribution in [0.25, 0.3) is 0 Å². The van der Waals surface area contributed by atoms with Gasteiger partial charge in [0.1, 0.15) is 19.8 Å². The molecule has 0 aliphatic heterocycles. The molecule has 0 spiro atoms. The number of ether oxygens (including phenoxy) is 2. The Morgan fingerprint density at radius 1 is 0.564 bits per heavy atom. The molecule has 2 unspecified atom stereocenters. The Kier molecular flexibility index (Phi) is 37.0. The second-order valence-corrected chi connectivity index (χ2v) is 17.9. The lowest BCUT2D eigenvalue weighted by atomic mass is 10.0. The van der Waals surface area contributed by atoms with Crippen molar-refractivity contribution >= 4 is 19.8 Å². The number of carbonyl (C=O) groups is 2. The first kappa shape index (κ1) is 53.5. The first-order chi connectivity index (χ1) is 26.5. The summed E-state index contributed by atoms with van der Waals surface area (Å²) in [6, 6.07) is 0. The molecule has 0 aliphatic rings. The molecule has 0 saturated carbocycles. The number of phosphoric acid groups is 1. The standard InChI is InChI=1S/C45H86NO8P/c1-6-8-10-12-14-16-18-20-21-22-23-24-26-27-29-31-33-35-37-44(47)51-41-43(42-53-55(49,50)52-40-39-46(3,4)5)54-45(48)38-36-34-32-30-28-25-19-17-15-13-11-9-7-2/h25,28,32,34,43H,6-24,26-27,29-31,33,35-42H2,1-5H3/p+1/b28-25+,34-32+. The second kappa shape index (κ2) is 38.0. The highest BCUT2D eigenvalue weighted by atomic mass is 31.2. The highest BCUT2D eigenvalue weighted by molar-refractivity contribution is 7.47. The van der Waals surface area contributed by atoms with Gasteiger partial charge in [0.25, 0.3) is 0 Å². The lowest BCUT2D eigenvalue weighted by Crippen LogP contribution is -2.37. The van der Waals surface area contributed by atoms with Crippen molar-refractivity contribution in [2.24, 2.45) is 0 Å². The molecule has 324 valence electrons. The van der Waals surface area contributed by atoms with Gasteiger partial charge in [-0.1, -0.05) is 179 Å². The molecule has 10 heteroatoms. The van der Waals surface area contributed by atoms with Gasteiger partial charge in [-0.3, -0.25) is 18.6 Å². The quantitative estimate of drug-likeness (QED) is 0.0214. The molecule has 2 atom stereocenters. The van der Waals surface area contributed by atoms with Crippen LogP contribution < -0.4 is 0 Å². The number of phosphoric ester groups is 1. The SMILES string of the molecule is CCCCCCCC/C=C/C/C=C/CCC(=O)OC(COC(=O)CCCCCCCCCCCCCCCCCCCC)COP(=O)(O)OCC[N+](C)(C)C. The maximum atomic E-state index is 12.6. The summed E-state index contributed by atoms with van der Waals surface area (Å²) >= 11 is 0. The third-order valence-electron chi connectivity index (χ3n) is 9.75. The zero-order chi connectivity index (χ0) is 40.7. The van der Waals surface area contributed by atoms with Crippen LogP contribution >= 0.6 is 7.82 Å². The van der Waals surface area contributed by atoms with E-state index in [1.165, 1.54) is 135 Å². The molecule has 0 aliphatic carbocycles. The summed E-state index contributed by atoms with van der Waals surface area (Å²) in [4.78, 5) is 35.3. The largest absolute Gasteiger partial charge is 0.472 e. The van der Waals surface area contributed by atoms with Crippen LogP contribution in [0, 0.1) is 0 Å². The Bertz CT molecular complexity index is 996. The van der Waals surface area contributed by atoms with Gasteiger partial charge < -0.3 is 18.9 Å². The molecule has 0 bridgehead atoms. The van der Waals surface area contributed by atoms with Crippen molar-refractivity contribution in [1.29, 1.82) is 0 Å². The highest BCUT2D eigenvalue weighted by Crippen LogP contribution is 2.43. The number of likely N-dealkylation sites (N-methyl/N-ethyl adjacent to an activating group) is 1. The average Bonchev–Trinajstić information content (AvgIpc) is 3.13. The number of hydrogen-bond donors (Lipinski definition) is 1. The topological polar surface area (TPSA) is 108 Å². The molecule has 0 heterocycles. The molecule has 0 aromatic rings. The number of unbranched alkanes of at least 4 members (excludes halogenated alkanes) is 23. The molecule has 0 rings (SSSR count). The zero-order valence-corrected chi connectivity index (χ0v) is 37.3. The number of carbonyl (C=O) groups excluding carboxylic acids is 2. The summed E-state index contributed by atoms with van der Waals surface area (Å²) in [5, 5.41) is 0. The highest BCUT2D eigenvalue weighted by Gasteiger charge is 2.27. The van der Waals surface area contributed by atoms with Gasteiger partial charge in [0.05, 0.1) is 27.7 Å². The smallest absolute Gasteiger partial charge is 0.462 e. The normalized spacial score (nSPS) is 13.8. The van der Waals surface area contributed by atoms with Gasteiger partial charge in [-0.2, -0.15) is 0 Å². The van der Waals surface area contributed by atoms with Crippen molar-refractivity contribution < 1.29 is 42.1 Å². The van der Waals surface area contributed by atoms with E-state index in [2.05, 4.69) is 26.0 Å². The lowest BCUT2D eigenvalue weighted by molar-refractivity contribution is -0.870. The first-order valence-corrected chi connectivity index (χ1v) is 24.1. The summed E-state index contributed by atoms with van der Waals surface area (Å²) in [6.45, 7) is 4.37. The van der Waals surface area contributed by atoms with Gasteiger partial charge in [-0.05, 0) is 32.1 Å². The fraction of sp³-hybridized carbons (Fsp3) is 0.867. The van der Waals surface area contributed by atoms with E-state index in [1.54, 1.807) is 0 Å². The summed E-state index contributed by atoms with van der Waals surface area (Å²) < 4.78 is 34.2. The number of allylic oxidation sites excluding steroid dienone is 4. The number of rotatable bonds is 41. The Hall–Kier alpha value is -1.51. The Balaban J connectivity index is 4.34. The van der Waals surface area contributed by atoms with E-state index < -0.39 is 26.5 Å². The predicted molar refractivity (Wildman–Crippen MR) is 229 cm³/mol. The van der Waals surface area contributed by atoms with E-state index in [9.17, 15) is 19.0 Å². The monoisotopic (exact) mass is 801 g/mol. The van der Waals surface area contributed by atoms with Gasteiger partial charge in [-0.25, -0.2) is 4.57 Å². The molecular formula is C45H87NO8P+. The minimum absolute atomic E-state index is 0.0245. The Morgan fingerprint density at radius 3 is 1.51 bits per heavy atom. The minimum atomic E-state index is -4.38. The van der Waals surface area contributed by atoms with Crippen LogP contribution in [0.2, 0.25) is 0 Å². The van der Waals surface area contributed by atoms with Crippen LogP contribution in [0.1, 0.15) is 200 Å². The third kappa shape index (κ3) is 41.9. The molecule has 9 nitrogen and oxygen atoms in total. The van der Waals surface area contributed by atoms with Crippen molar-refractivity contribution in [3.63, 3.8) is 0 Å². The van der Waals surface area contributed by atoms with Crippen molar-refractivity contribution in [3.05, 3.63) is 24.3 Å². The second-order valence-electron chi connectivity index (χ2n) is 16.4. The first-order valence-electron chi connectivity index (χ1n) is 22.6. The lowest BCUT2D eigenvalue weighted by Gasteiger charge is -2.24. The van der Waals surface area contributed by atoms with Gasteiger partial charge in [0, 0.05) is 12.8 Å². The molecule has 0 amide bonds. The van der Waals surface area contributed by atoms with Gasteiger partial charge in [-0.15, -0.1) is 0 Å². The minimum Gasteiger partial charge on any atom is -0.462 e. The molecular weight excluding hydrogens is 713 g/mol. The van der Waals surface area contributed by atoms with E-state index in [1.807, 2.05) is 33.3 Å². The van der Waals surface area contributed by atoms with Crippen LogP contribution in [-0.2, 0) is 32.7 Å². The number of nitrogens with zero attached hydrogens (tertiary/aromatic N) is 1. The maximum absolute atomic E-state index is 12.6. The molecule has 1 N–H and O–H groups in total. The molecule has 0 fully saturated rings. The number of quaternary nitrogens is 1. The molecule has 0 saturated heterocycles.